The molecule has 1 aromatic heterocycles. The van der Waals surface area contributed by atoms with Crippen molar-refractivity contribution in [1.29, 1.82) is 5.26 Å². The van der Waals surface area contributed by atoms with Gasteiger partial charge in [0.1, 0.15) is 10.3 Å². The zero-order valence-corrected chi connectivity index (χ0v) is 10.8. The van der Waals surface area contributed by atoms with Crippen molar-refractivity contribution in [1.82, 2.24) is 4.72 Å². The number of nitriles is 1. The molecule has 0 aliphatic carbocycles. The van der Waals surface area contributed by atoms with Crippen molar-refractivity contribution in [3.63, 3.8) is 0 Å². The second kappa shape index (κ2) is 4.97. The van der Waals surface area contributed by atoms with Crippen molar-refractivity contribution < 1.29 is 13.3 Å². The number of rotatable bonds is 4. The molecule has 1 unspecified atom stereocenters. The molecule has 0 radical (unpaired) electrons. The van der Waals surface area contributed by atoms with Crippen molar-refractivity contribution in [3.05, 3.63) is 20.5 Å². The van der Waals surface area contributed by atoms with E-state index in [2.05, 4.69) is 0 Å². The van der Waals surface area contributed by atoms with Gasteiger partial charge in [0.15, 0.2) is 4.34 Å². The summed E-state index contributed by atoms with van der Waals surface area (Å²) >= 11 is 6.10. The Labute approximate surface area is 106 Å². The lowest BCUT2D eigenvalue weighted by Gasteiger charge is -2.04. The fourth-order valence-electron chi connectivity index (χ4n) is 0.912. The largest absolute Gasteiger partial charge is 0.300 e. The van der Waals surface area contributed by atoms with Crippen LogP contribution in [0.2, 0.25) is 4.34 Å². The molecule has 7 nitrogen and oxygen atoms in total. The number of thiophene rings is 1. The molecule has 0 bridgehead atoms. The van der Waals surface area contributed by atoms with Crippen LogP contribution in [-0.2, 0) is 10.0 Å². The van der Waals surface area contributed by atoms with Crippen LogP contribution < -0.4 is 4.72 Å². The molecule has 1 aromatic rings. The average molecular weight is 296 g/mol. The molecule has 1 rings (SSSR count). The van der Waals surface area contributed by atoms with E-state index in [4.69, 9.17) is 16.9 Å². The molecule has 10 heteroatoms. The molecule has 0 aliphatic rings. The second-order valence-electron chi connectivity index (χ2n) is 2.95. The maximum atomic E-state index is 11.7. The van der Waals surface area contributed by atoms with Gasteiger partial charge in [0.2, 0.25) is 0 Å². The van der Waals surface area contributed by atoms with Crippen LogP contribution in [0.25, 0.3) is 0 Å². The first-order valence-electron chi connectivity index (χ1n) is 4.13. The molecule has 0 spiro atoms. The molecular formula is C7H6ClN3O4S2. The first kappa shape index (κ1) is 13.9. The third-order valence-corrected chi connectivity index (χ3v) is 4.99. The average Bonchev–Trinajstić information content (AvgIpc) is 2.60. The molecule has 1 N–H and O–H groups in total. The summed E-state index contributed by atoms with van der Waals surface area (Å²) in [6.45, 7) is 1.35. The summed E-state index contributed by atoms with van der Waals surface area (Å²) < 4.78 is 24.8. The van der Waals surface area contributed by atoms with E-state index < -0.39 is 26.7 Å². The van der Waals surface area contributed by atoms with E-state index in [1.165, 1.54) is 6.92 Å². The van der Waals surface area contributed by atoms with Gasteiger partial charge in [-0.3, -0.25) is 10.1 Å². The fraction of sp³-hybridized carbons (Fsp3) is 0.286. The first-order valence-corrected chi connectivity index (χ1v) is 6.81. The maximum absolute atomic E-state index is 11.7. The van der Waals surface area contributed by atoms with Crippen LogP contribution in [0.3, 0.4) is 0 Å². The van der Waals surface area contributed by atoms with Gasteiger partial charge in [-0.15, -0.1) is 11.3 Å². The number of sulfonamides is 1. The standard InChI is InChI=1S/C7H6ClN3O4S2/c1-4(3-9)10-17(14,15)6-2-5(11(12)13)7(8)16-6/h2,4,10H,1H3. The monoisotopic (exact) mass is 295 g/mol. The highest BCUT2D eigenvalue weighted by Crippen LogP contribution is 2.36. The van der Waals surface area contributed by atoms with Crippen LogP contribution in [0.1, 0.15) is 6.92 Å². The van der Waals surface area contributed by atoms with Gasteiger partial charge < -0.3 is 0 Å². The van der Waals surface area contributed by atoms with Crippen LogP contribution in [-0.4, -0.2) is 19.4 Å². The molecule has 0 aromatic carbocycles. The highest BCUT2D eigenvalue weighted by atomic mass is 35.5. The lowest BCUT2D eigenvalue weighted by Crippen LogP contribution is -2.30. The van der Waals surface area contributed by atoms with E-state index in [-0.39, 0.29) is 8.55 Å². The molecular weight excluding hydrogens is 290 g/mol. The number of hydrogen-bond acceptors (Lipinski definition) is 6. The Morgan fingerprint density at radius 3 is 2.71 bits per heavy atom. The van der Waals surface area contributed by atoms with Crippen molar-refractivity contribution >= 4 is 38.6 Å². The minimum Gasteiger partial charge on any atom is -0.258 e. The van der Waals surface area contributed by atoms with E-state index >= 15 is 0 Å². The molecule has 0 amide bonds. The zero-order valence-electron chi connectivity index (χ0n) is 8.38. The number of nitro groups is 1. The number of nitrogens with zero attached hydrogens (tertiary/aromatic N) is 2. The van der Waals surface area contributed by atoms with E-state index in [0.29, 0.717) is 11.3 Å². The van der Waals surface area contributed by atoms with Gasteiger partial charge in [0.05, 0.1) is 11.0 Å². The number of nitrogens with one attached hydrogen (secondary N) is 1. The summed E-state index contributed by atoms with van der Waals surface area (Å²) in [6, 6.07) is 1.61. The lowest BCUT2D eigenvalue weighted by atomic mass is 10.4. The number of halogens is 1. The van der Waals surface area contributed by atoms with E-state index in [0.717, 1.165) is 6.07 Å². The molecule has 17 heavy (non-hydrogen) atoms. The van der Waals surface area contributed by atoms with Crippen LogP contribution in [0, 0.1) is 21.4 Å². The second-order valence-corrected chi connectivity index (χ2v) is 6.55. The predicted molar refractivity (Wildman–Crippen MR) is 61.4 cm³/mol. The van der Waals surface area contributed by atoms with Gasteiger partial charge in [0.25, 0.3) is 15.7 Å². The van der Waals surface area contributed by atoms with E-state index in [9.17, 15) is 18.5 Å². The van der Waals surface area contributed by atoms with E-state index in [1.807, 2.05) is 4.72 Å². The van der Waals surface area contributed by atoms with E-state index in [1.54, 1.807) is 6.07 Å². The van der Waals surface area contributed by atoms with Gasteiger partial charge in [-0.25, -0.2) is 8.42 Å². The normalized spacial score (nSPS) is 13.0. The minimum atomic E-state index is -3.95. The van der Waals surface area contributed by atoms with Gasteiger partial charge in [-0.1, -0.05) is 11.6 Å². The van der Waals surface area contributed by atoms with Crippen molar-refractivity contribution in [2.45, 2.75) is 17.2 Å². The third-order valence-electron chi connectivity index (χ3n) is 1.63. The Kier molecular flexibility index (Phi) is 4.05. The molecule has 0 fully saturated rings. The van der Waals surface area contributed by atoms with Crippen molar-refractivity contribution in [2.75, 3.05) is 0 Å². The Hall–Kier alpha value is -1.21. The lowest BCUT2D eigenvalue weighted by molar-refractivity contribution is -0.384. The molecule has 1 atom stereocenters. The van der Waals surface area contributed by atoms with Crippen LogP contribution in [0.15, 0.2) is 10.3 Å². The SMILES string of the molecule is CC(C#N)NS(=O)(=O)c1cc([N+](=O)[O-])c(Cl)s1. The summed E-state index contributed by atoms with van der Waals surface area (Å²) in [5.74, 6) is 0. The zero-order chi connectivity index (χ0) is 13.2. The van der Waals surface area contributed by atoms with Gasteiger partial charge >= 0.3 is 0 Å². The van der Waals surface area contributed by atoms with Crippen LogP contribution in [0.4, 0.5) is 5.69 Å². The number of hydrogen-bond donors (Lipinski definition) is 1. The highest BCUT2D eigenvalue weighted by Gasteiger charge is 2.26. The van der Waals surface area contributed by atoms with Crippen LogP contribution in [0.5, 0.6) is 0 Å². The Morgan fingerprint density at radius 1 is 1.71 bits per heavy atom. The quantitative estimate of drug-likeness (QED) is 0.668. The predicted octanol–water partition coefficient (Wildman–Crippen LogP) is 1.50. The van der Waals surface area contributed by atoms with Gasteiger partial charge in [-0.05, 0) is 6.92 Å². The summed E-state index contributed by atoms with van der Waals surface area (Å²) in [6.07, 6.45) is 0. The van der Waals surface area contributed by atoms with Crippen LogP contribution >= 0.6 is 22.9 Å². The molecule has 1 heterocycles. The van der Waals surface area contributed by atoms with Gasteiger partial charge in [-0.2, -0.15) is 9.98 Å². The Balaban J connectivity index is 3.14. The molecule has 0 aliphatic heterocycles. The summed E-state index contributed by atoms with van der Waals surface area (Å²) in [5, 5.41) is 19.0. The van der Waals surface area contributed by atoms with Gasteiger partial charge in [0, 0.05) is 6.07 Å². The third kappa shape index (κ3) is 3.13. The molecule has 0 saturated heterocycles. The summed E-state index contributed by atoms with van der Waals surface area (Å²) in [7, 11) is -3.95. The minimum absolute atomic E-state index is 0.222. The first-order chi connectivity index (χ1) is 7.77. The molecule has 92 valence electrons. The maximum Gasteiger partial charge on any atom is 0.300 e. The fourth-order valence-corrected chi connectivity index (χ4v) is 3.74. The molecule has 0 saturated carbocycles. The Morgan fingerprint density at radius 2 is 2.29 bits per heavy atom. The topological polar surface area (TPSA) is 113 Å². The van der Waals surface area contributed by atoms with Crippen molar-refractivity contribution in [2.24, 2.45) is 0 Å². The Bertz CT molecular complexity index is 589. The smallest absolute Gasteiger partial charge is 0.258 e. The summed E-state index contributed by atoms with van der Waals surface area (Å²) in [4.78, 5) is 9.73. The summed E-state index contributed by atoms with van der Waals surface area (Å²) in [5.41, 5.74) is -0.471. The highest BCUT2D eigenvalue weighted by molar-refractivity contribution is 7.91. The van der Waals surface area contributed by atoms with Crippen molar-refractivity contribution in [3.8, 4) is 6.07 Å².